The SMILES string of the molecule is CCOC1CC(NC(=NC)NC(C)COC2CCOC2)C12CCCC2.I. The molecule has 2 aliphatic carbocycles. The second-order valence-corrected chi connectivity index (χ2v) is 7.75. The molecule has 3 rings (SSSR count). The molecule has 0 aromatic carbocycles. The molecular weight excluding hydrogens is 445 g/mol. The van der Waals surface area contributed by atoms with Crippen LogP contribution in [0.25, 0.3) is 0 Å². The van der Waals surface area contributed by atoms with Crippen molar-refractivity contribution >= 4 is 29.9 Å². The molecule has 3 fully saturated rings. The molecule has 4 unspecified atom stereocenters. The lowest BCUT2D eigenvalue weighted by Gasteiger charge is -2.54. The van der Waals surface area contributed by atoms with Gasteiger partial charge in [0.15, 0.2) is 5.96 Å². The van der Waals surface area contributed by atoms with Crippen LogP contribution in [-0.2, 0) is 14.2 Å². The van der Waals surface area contributed by atoms with Gasteiger partial charge in [0.05, 0.1) is 25.4 Å². The molecule has 0 radical (unpaired) electrons. The van der Waals surface area contributed by atoms with Crippen LogP contribution in [0.1, 0.15) is 52.4 Å². The minimum Gasteiger partial charge on any atom is -0.379 e. The summed E-state index contributed by atoms with van der Waals surface area (Å²) >= 11 is 0. The summed E-state index contributed by atoms with van der Waals surface area (Å²) in [6.45, 7) is 7.26. The van der Waals surface area contributed by atoms with Crippen LogP contribution >= 0.6 is 24.0 Å². The molecule has 26 heavy (non-hydrogen) atoms. The van der Waals surface area contributed by atoms with Gasteiger partial charge in [0, 0.05) is 37.8 Å². The lowest BCUT2D eigenvalue weighted by Crippen LogP contribution is -2.65. The van der Waals surface area contributed by atoms with Crippen molar-refractivity contribution in [1.82, 2.24) is 10.6 Å². The molecule has 1 spiro atoms. The number of nitrogens with one attached hydrogen (secondary N) is 2. The first-order valence-electron chi connectivity index (χ1n) is 9.98. The van der Waals surface area contributed by atoms with Gasteiger partial charge in [-0.2, -0.15) is 0 Å². The van der Waals surface area contributed by atoms with Gasteiger partial charge in [-0.25, -0.2) is 0 Å². The maximum absolute atomic E-state index is 6.01. The average Bonchev–Trinajstić information content (AvgIpc) is 3.30. The van der Waals surface area contributed by atoms with Gasteiger partial charge in [0.25, 0.3) is 0 Å². The van der Waals surface area contributed by atoms with Gasteiger partial charge in [-0.3, -0.25) is 4.99 Å². The number of aliphatic imine (C=N–C) groups is 1. The van der Waals surface area contributed by atoms with E-state index < -0.39 is 0 Å². The number of rotatable bonds is 7. The van der Waals surface area contributed by atoms with Gasteiger partial charge < -0.3 is 24.8 Å². The minimum absolute atomic E-state index is 0. The zero-order chi connectivity index (χ0) is 17.7. The molecule has 3 aliphatic rings. The molecule has 0 aromatic heterocycles. The fourth-order valence-corrected chi connectivity index (χ4v) is 4.62. The largest absolute Gasteiger partial charge is 0.379 e. The highest BCUT2D eigenvalue weighted by molar-refractivity contribution is 14.0. The molecule has 0 bridgehead atoms. The Hall–Kier alpha value is -0.120. The number of guanidine groups is 1. The van der Waals surface area contributed by atoms with E-state index in [1.165, 1.54) is 25.7 Å². The van der Waals surface area contributed by atoms with Gasteiger partial charge in [0.2, 0.25) is 0 Å². The lowest BCUT2D eigenvalue weighted by atomic mass is 9.60. The van der Waals surface area contributed by atoms with E-state index in [9.17, 15) is 0 Å². The Morgan fingerprint density at radius 2 is 2.08 bits per heavy atom. The highest BCUT2D eigenvalue weighted by Gasteiger charge is 2.56. The van der Waals surface area contributed by atoms with E-state index in [0.717, 1.165) is 38.6 Å². The highest BCUT2D eigenvalue weighted by atomic mass is 127. The fraction of sp³-hybridized carbons (Fsp3) is 0.947. The van der Waals surface area contributed by atoms with E-state index in [-0.39, 0.29) is 36.1 Å². The second-order valence-electron chi connectivity index (χ2n) is 7.75. The zero-order valence-corrected chi connectivity index (χ0v) is 18.8. The molecule has 0 aromatic rings. The van der Waals surface area contributed by atoms with Crippen LogP contribution < -0.4 is 10.6 Å². The number of ether oxygens (including phenoxy) is 3. The molecule has 2 N–H and O–H groups in total. The van der Waals surface area contributed by atoms with Crippen LogP contribution in [-0.4, -0.2) is 63.7 Å². The smallest absolute Gasteiger partial charge is 0.191 e. The summed E-state index contributed by atoms with van der Waals surface area (Å²) in [7, 11) is 1.84. The van der Waals surface area contributed by atoms with Crippen molar-refractivity contribution in [1.29, 1.82) is 0 Å². The van der Waals surface area contributed by atoms with Crippen LogP contribution in [0.2, 0.25) is 0 Å². The summed E-state index contributed by atoms with van der Waals surface area (Å²) in [5.74, 6) is 0.880. The maximum atomic E-state index is 6.01. The Morgan fingerprint density at radius 1 is 1.31 bits per heavy atom. The third kappa shape index (κ3) is 5.02. The van der Waals surface area contributed by atoms with Gasteiger partial charge in [0.1, 0.15) is 0 Å². The summed E-state index contributed by atoms with van der Waals surface area (Å²) in [5.41, 5.74) is 0.314. The zero-order valence-electron chi connectivity index (χ0n) is 16.5. The average molecular weight is 481 g/mol. The van der Waals surface area contributed by atoms with Crippen molar-refractivity contribution in [3.8, 4) is 0 Å². The number of halogens is 1. The van der Waals surface area contributed by atoms with Crippen LogP contribution in [0.4, 0.5) is 0 Å². The molecule has 152 valence electrons. The second kappa shape index (κ2) is 10.4. The van der Waals surface area contributed by atoms with Crippen LogP contribution in [0, 0.1) is 5.41 Å². The number of nitrogens with zero attached hydrogens (tertiary/aromatic N) is 1. The van der Waals surface area contributed by atoms with Gasteiger partial charge in [-0.1, -0.05) is 12.8 Å². The van der Waals surface area contributed by atoms with Crippen molar-refractivity contribution in [2.75, 3.05) is 33.5 Å². The summed E-state index contributed by atoms with van der Waals surface area (Å²) in [6, 6.07) is 0.684. The van der Waals surface area contributed by atoms with E-state index >= 15 is 0 Å². The summed E-state index contributed by atoms with van der Waals surface area (Å²) in [4.78, 5) is 4.43. The fourth-order valence-electron chi connectivity index (χ4n) is 4.62. The minimum atomic E-state index is 0. The Kier molecular flexibility index (Phi) is 8.90. The predicted octanol–water partition coefficient (Wildman–Crippen LogP) is 2.70. The molecule has 7 heteroatoms. The first-order valence-corrected chi connectivity index (χ1v) is 9.98. The maximum Gasteiger partial charge on any atom is 0.191 e. The lowest BCUT2D eigenvalue weighted by molar-refractivity contribution is -0.125. The van der Waals surface area contributed by atoms with Crippen LogP contribution in [0.15, 0.2) is 4.99 Å². The molecule has 1 heterocycles. The molecule has 4 atom stereocenters. The predicted molar refractivity (Wildman–Crippen MR) is 114 cm³/mol. The van der Waals surface area contributed by atoms with E-state index in [0.29, 0.717) is 24.2 Å². The summed E-state index contributed by atoms with van der Waals surface area (Å²) in [5, 5.41) is 7.14. The quantitative estimate of drug-likeness (QED) is 0.333. The van der Waals surface area contributed by atoms with E-state index in [2.05, 4.69) is 29.5 Å². The number of hydrogen-bond donors (Lipinski definition) is 2. The first kappa shape index (κ1) is 22.2. The van der Waals surface area contributed by atoms with Crippen molar-refractivity contribution < 1.29 is 14.2 Å². The summed E-state index contributed by atoms with van der Waals surface area (Å²) in [6.07, 6.45) is 7.93. The number of hydrogen-bond acceptors (Lipinski definition) is 4. The summed E-state index contributed by atoms with van der Waals surface area (Å²) < 4.78 is 17.3. The Bertz CT molecular complexity index is 451. The Morgan fingerprint density at radius 3 is 2.69 bits per heavy atom. The van der Waals surface area contributed by atoms with Crippen LogP contribution in [0.3, 0.4) is 0 Å². The first-order chi connectivity index (χ1) is 12.2. The van der Waals surface area contributed by atoms with Crippen molar-refractivity contribution in [3.05, 3.63) is 0 Å². The highest BCUT2D eigenvalue weighted by Crippen LogP contribution is 2.54. The van der Waals surface area contributed by atoms with E-state index in [1.54, 1.807) is 0 Å². The van der Waals surface area contributed by atoms with Gasteiger partial charge >= 0.3 is 0 Å². The molecule has 1 saturated heterocycles. The molecule has 6 nitrogen and oxygen atoms in total. The molecule has 1 aliphatic heterocycles. The normalized spacial score (nSPS) is 31.3. The topological polar surface area (TPSA) is 64.1 Å². The van der Waals surface area contributed by atoms with Crippen molar-refractivity contribution in [2.45, 2.75) is 76.7 Å². The Labute approximate surface area is 175 Å². The van der Waals surface area contributed by atoms with Gasteiger partial charge in [-0.05, 0) is 39.5 Å². The van der Waals surface area contributed by atoms with E-state index in [1.807, 2.05) is 7.05 Å². The van der Waals surface area contributed by atoms with Crippen molar-refractivity contribution in [2.24, 2.45) is 10.4 Å². The monoisotopic (exact) mass is 481 g/mol. The van der Waals surface area contributed by atoms with Crippen molar-refractivity contribution in [3.63, 3.8) is 0 Å². The molecule has 2 saturated carbocycles. The standard InChI is InChI=1S/C19H35N3O3.HI/c1-4-24-17-11-16(19(17)8-5-6-9-19)22-18(20-3)21-14(2)12-25-15-7-10-23-13-15;/h14-17H,4-13H2,1-3H3,(H2,20,21,22);1H. The third-order valence-electron chi connectivity index (χ3n) is 6.07. The van der Waals surface area contributed by atoms with Crippen LogP contribution in [0.5, 0.6) is 0 Å². The van der Waals surface area contributed by atoms with Gasteiger partial charge in [-0.15, -0.1) is 24.0 Å². The third-order valence-corrected chi connectivity index (χ3v) is 6.07. The molecule has 0 amide bonds. The van der Waals surface area contributed by atoms with E-state index in [4.69, 9.17) is 14.2 Å². The Balaban J connectivity index is 0.00000243. The molecular formula is C19H36IN3O3.